The highest BCUT2D eigenvalue weighted by Gasteiger charge is 2.09. The van der Waals surface area contributed by atoms with Crippen molar-refractivity contribution in [1.29, 1.82) is 0 Å². The second kappa shape index (κ2) is 3.90. The van der Waals surface area contributed by atoms with Gasteiger partial charge in [0.2, 0.25) is 0 Å². The molecule has 0 saturated heterocycles. The van der Waals surface area contributed by atoms with Gasteiger partial charge in [-0.3, -0.25) is 9.78 Å². The molecule has 1 heterocycles. The number of fused-ring (bicyclic) bond motifs is 1. The van der Waals surface area contributed by atoms with Crippen LogP contribution in [0.3, 0.4) is 0 Å². The lowest BCUT2D eigenvalue weighted by Crippen LogP contribution is -2.18. The SMILES string of the molecule is CNC(=O)c1ccnc2c(S)cccc12. The van der Waals surface area contributed by atoms with Gasteiger partial charge in [-0.25, -0.2) is 0 Å². The number of thiol groups is 1. The summed E-state index contributed by atoms with van der Waals surface area (Å²) in [5, 5.41) is 3.42. The number of rotatable bonds is 1. The third-order valence-electron chi connectivity index (χ3n) is 2.22. The number of carbonyl (C=O) groups is 1. The van der Waals surface area contributed by atoms with Crippen LogP contribution < -0.4 is 5.32 Å². The van der Waals surface area contributed by atoms with Crippen molar-refractivity contribution in [3.05, 3.63) is 36.0 Å². The standard InChI is InChI=1S/C11H10N2OS/c1-12-11(14)8-5-6-13-10-7(8)3-2-4-9(10)15/h2-6,15H,1H3,(H,12,14). The van der Waals surface area contributed by atoms with Crippen LogP contribution >= 0.6 is 12.6 Å². The monoisotopic (exact) mass is 218 g/mol. The average molecular weight is 218 g/mol. The second-order valence-electron chi connectivity index (χ2n) is 3.11. The number of para-hydroxylation sites is 1. The average Bonchev–Trinajstić information content (AvgIpc) is 2.28. The molecule has 2 rings (SSSR count). The van der Waals surface area contributed by atoms with Gasteiger partial charge < -0.3 is 5.32 Å². The number of nitrogens with zero attached hydrogens (tertiary/aromatic N) is 1. The Balaban J connectivity index is 2.77. The first-order valence-corrected chi connectivity index (χ1v) is 4.97. The van der Waals surface area contributed by atoms with Crippen molar-refractivity contribution in [2.45, 2.75) is 4.90 Å². The van der Waals surface area contributed by atoms with E-state index in [1.165, 1.54) is 0 Å². The Kier molecular flexibility index (Phi) is 2.60. The number of hydrogen-bond donors (Lipinski definition) is 2. The zero-order valence-electron chi connectivity index (χ0n) is 8.19. The molecule has 0 aliphatic heterocycles. The zero-order valence-corrected chi connectivity index (χ0v) is 9.08. The van der Waals surface area contributed by atoms with Crippen molar-refractivity contribution in [3.8, 4) is 0 Å². The van der Waals surface area contributed by atoms with E-state index in [1.807, 2.05) is 18.2 Å². The number of pyridine rings is 1. The third kappa shape index (κ3) is 1.68. The molecule has 0 spiro atoms. The quantitative estimate of drug-likeness (QED) is 0.718. The summed E-state index contributed by atoms with van der Waals surface area (Å²) >= 11 is 4.30. The Hall–Kier alpha value is -1.55. The summed E-state index contributed by atoms with van der Waals surface area (Å²) in [6.07, 6.45) is 1.62. The maximum atomic E-state index is 11.6. The van der Waals surface area contributed by atoms with Gasteiger partial charge in [-0.05, 0) is 12.1 Å². The Labute approximate surface area is 92.9 Å². The molecule has 3 nitrogen and oxygen atoms in total. The van der Waals surface area contributed by atoms with E-state index < -0.39 is 0 Å². The molecule has 0 atom stereocenters. The van der Waals surface area contributed by atoms with Gasteiger partial charge in [0, 0.05) is 23.5 Å². The minimum absolute atomic E-state index is 0.110. The van der Waals surface area contributed by atoms with Gasteiger partial charge >= 0.3 is 0 Å². The largest absolute Gasteiger partial charge is 0.355 e. The summed E-state index contributed by atoms with van der Waals surface area (Å²) < 4.78 is 0. The van der Waals surface area contributed by atoms with Crippen LogP contribution in [0.1, 0.15) is 10.4 Å². The first-order valence-electron chi connectivity index (χ1n) is 4.53. The number of amides is 1. The molecule has 0 radical (unpaired) electrons. The fourth-order valence-electron chi connectivity index (χ4n) is 1.49. The minimum atomic E-state index is -0.110. The van der Waals surface area contributed by atoms with Crippen LogP contribution in [0.15, 0.2) is 35.4 Å². The number of aromatic nitrogens is 1. The van der Waals surface area contributed by atoms with Crippen molar-refractivity contribution in [2.75, 3.05) is 7.05 Å². The first kappa shape index (κ1) is 9.98. The molecule has 0 aliphatic rings. The van der Waals surface area contributed by atoms with Crippen LogP contribution in [-0.2, 0) is 0 Å². The molecular weight excluding hydrogens is 208 g/mol. The zero-order chi connectivity index (χ0) is 10.8. The Morgan fingerprint density at radius 1 is 1.40 bits per heavy atom. The number of hydrogen-bond acceptors (Lipinski definition) is 3. The lowest BCUT2D eigenvalue weighted by Gasteiger charge is -2.05. The molecule has 1 aromatic carbocycles. The van der Waals surface area contributed by atoms with E-state index in [-0.39, 0.29) is 5.91 Å². The first-order chi connectivity index (χ1) is 7.24. The van der Waals surface area contributed by atoms with Crippen molar-refractivity contribution in [3.63, 3.8) is 0 Å². The van der Waals surface area contributed by atoms with Gasteiger partial charge in [0.1, 0.15) is 0 Å². The fraction of sp³-hybridized carbons (Fsp3) is 0.0909. The van der Waals surface area contributed by atoms with E-state index >= 15 is 0 Å². The summed E-state index contributed by atoms with van der Waals surface area (Å²) in [7, 11) is 1.61. The molecule has 2 aromatic rings. The van der Waals surface area contributed by atoms with E-state index in [4.69, 9.17) is 0 Å². The Morgan fingerprint density at radius 3 is 2.93 bits per heavy atom. The minimum Gasteiger partial charge on any atom is -0.355 e. The molecule has 1 amide bonds. The summed E-state index contributed by atoms with van der Waals surface area (Å²) in [5.41, 5.74) is 1.38. The summed E-state index contributed by atoms with van der Waals surface area (Å²) in [5.74, 6) is -0.110. The van der Waals surface area contributed by atoms with E-state index in [9.17, 15) is 4.79 Å². The van der Waals surface area contributed by atoms with Crippen LogP contribution in [0.25, 0.3) is 10.9 Å². The molecule has 4 heteroatoms. The van der Waals surface area contributed by atoms with Gasteiger partial charge in [0.15, 0.2) is 0 Å². The summed E-state index contributed by atoms with van der Waals surface area (Å²) in [6, 6.07) is 7.28. The fourth-order valence-corrected chi connectivity index (χ4v) is 1.76. The third-order valence-corrected chi connectivity index (χ3v) is 2.58. The Bertz CT molecular complexity index is 525. The Morgan fingerprint density at radius 2 is 2.20 bits per heavy atom. The molecule has 1 aromatic heterocycles. The van der Waals surface area contributed by atoms with E-state index in [2.05, 4.69) is 22.9 Å². The maximum absolute atomic E-state index is 11.6. The van der Waals surface area contributed by atoms with Crippen LogP contribution in [0, 0.1) is 0 Å². The maximum Gasteiger partial charge on any atom is 0.251 e. The highest BCUT2D eigenvalue weighted by Crippen LogP contribution is 2.22. The van der Waals surface area contributed by atoms with Gasteiger partial charge in [0.05, 0.1) is 11.1 Å². The molecular formula is C11H10N2OS. The molecule has 0 unspecified atom stereocenters. The van der Waals surface area contributed by atoms with Crippen LogP contribution in [0.4, 0.5) is 0 Å². The van der Waals surface area contributed by atoms with Crippen molar-refractivity contribution >= 4 is 29.4 Å². The van der Waals surface area contributed by atoms with E-state index in [1.54, 1.807) is 19.3 Å². The van der Waals surface area contributed by atoms with Crippen LogP contribution in [0.5, 0.6) is 0 Å². The van der Waals surface area contributed by atoms with E-state index in [0.717, 1.165) is 15.8 Å². The normalized spacial score (nSPS) is 10.3. The van der Waals surface area contributed by atoms with Gasteiger partial charge in [-0.2, -0.15) is 0 Å². The number of benzene rings is 1. The highest BCUT2D eigenvalue weighted by molar-refractivity contribution is 7.80. The van der Waals surface area contributed by atoms with Crippen molar-refractivity contribution in [1.82, 2.24) is 10.3 Å². The topological polar surface area (TPSA) is 42.0 Å². The number of carbonyl (C=O) groups excluding carboxylic acids is 1. The second-order valence-corrected chi connectivity index (χ2v) is 3.59. The summed E-state index contributed by atoms with van der Waals surface area (Å²) in [4.78, 5) is 16.6. The predicted molar refractivity (Wildman–Crippen MR) is 62.4 cm³/mol. The molecule has 1 N–H and O–H groups in total. The van der Waals surface area contributed by atoms with Crippen LogP contribution in [0.2, 0.25) is 0 Å². The number of nitrogens with one attached hydrogen (secondary N) is 1. The summed E-state index contributed by atoms with van der Waals surface area (Å²) in [6.45, 7) is 0. The smallest absolute Gasteiger partial charge is 0.251 e. The highest BCUT2D eigenvalue weighted by atomic mass is 32.1. The lowest BCUT2D eigenvalue weighted by atomic mass is 10.1. The molecule has 0 saturated carbocycles. The predicted octanol–water partition coefficient (Wildman–Crippen LogP) is 1.88. The van der Waals surface area contributed by atoms with Gasteiger partial charge in [-0.1, -0.05) is 12.1 Å². The molecule has 0 aliphatic carbocycles. The molecule has 76 valence electrons. The van der Waals surface area contributed by atoms with Gasteiger partial charge in [0.25, 0.3) is 5.91 Å². The van der Waals surface area contributed by atoms with Gasteiger partial charge in [-0.15, -0.1) is 12.6 Å². The lowest BCUT2D eigenvalue weighted by molar-refractivity contribution is 0.0964. The molecule has 0 fully saturated rings. The van der Waals surface area contributed by atoms with Crippen LogP contribution in [-0.4, -0.2) is 17.9 Å². The molecule has 15 heavy (non-hydrogen) atoms. The molecule has 0 bridgehead atoms. The van der Waals surface area contributed by atoms with Crippen molar-refractivity contribution < 1.29 is 4.79 Å². The van der Waals surface area contributed by atoms with Crippen molar-refractivity contribution in [2.24, 2.45) is 0 Å². The van der Waals surface area contributed by atoms with E-state index in [0.29, 0.717) is 5.56 Å².